The molecule has 22 heavy (non-hydrogen) atoms. The number of carbonyl (C=O) groups excluding carboxylic acids is 1. The maximum absolute atomic E-state index is 11.9. The van der Waals surface area contributed by atoms with Crippen LogP contribution in [0, 0.1) is 0 Å². The van der Waals surface area contributed by atoms with Crippen molar-refractivity contribution in [3.05, 3.63) is 28.7 Å². The largest absolute Gasteiger partial charge is 0.411 e. The number of carbonyl (C=O) groups is 1. The summed E-state index contributed by atoms with van der Waals surface area (Å²) in [7, 11) is 1.59. The van der Waals surface area contributed by atoms with E-state index in [1.165, 1.54) is 11.8 Å². The van der Waals surface area contributed by atoms with Gasteiger partial charge in [0, 0.05) is 18.1 Å². The number of ether oxygens (including phenoxy) is 1. The van der Waals surface area contributed by atoms with Gasteiger partial charge in [-0.1, -0.05) is 23.9 Å². The van der Waals surface area contributed by atoms with Crippen LogP contribution in [-0.4, -0.2) is 41.6 Å². The molecule has 1 aromatic heterocycles. The van der Waals surface area contributed by atoms with Crippen molar-refractivity contribution >= 4 is 33.6 Å². The number of amides is 1. The van der Waals surface area contributed by atoms with E-state index in [1.807, 2.05) is 24.3 Å². The van der Waals surface area contributed by atoms with Crippen LogP contribution in [0.2, 0.25) is 0 Å². The summed E-state index contributed by atoms with van der Waals surface area (Å²) >= 11 is 4.66. The zero-order valence-corrected chi connectivity index (χ0v) is 14.6. The number of methoxy groups -OCH3 is 1. The van der Waals surface area contributed by atoms with E-state index in [0.717, 1.165) is 10.0 Å². The van der Waals surface area contributed by atoms with Crippen LogP contribution in [0.4, 0.5) is 0 Å². The highest BCUT2D eigenvalue weighted by Gasteiger charge is 2.18. The number of nitrogens with one attached hydrogen (secondary N) is 1. The van der Waals surface area contributed by atoms with Crippen molar-refractivity contribution in [3.63, 3.8) is 0 Å². The number of thioether (sulfide) groups is 1. The topological polar surface area (TPSA) is 77.2 Å². The fourth-order valence-electron chi connectivity index (χ4n) is 1.63. The summed E-state index contributed by atoms with van der Waals surface area (Å²) < 4.78 is 11.4. The van der Waals surface area contributed by atoms with Gasteiger partial charge in [-0.15, -0.1) is 10.2 Å². The minimum atomic E-state index is -0.329. The van der Waals surface area contributed by atoms with Crippen LogP contribution >= 0.6 is 27.7 Å². The molecule has 0 saturated carbocycles. The molecule has 2 aromatic rings. The lowest BCUT2D eigenvalue weighted by molar-refractivity contribution is -0.120. The van der Waals surface area contributed by atoms with E-state index >= 15 is 0 Å². The molecule has 6 nitrogen and oxygen atoms in total. The summed E-state index contributed by atoms with van der Waals surface area (Å²) in [6.45, 7) is 2.75. The molecule has 1 heterocycles. The molecule has 0 saturated heterocycles. The number of aromatic nitrogens is 2. The second kappa shape index (κ2) is 8.30. The molecule has 1 amide bonds. The average molecular weight is 386 g/mol. The maximum Gasteiger partial charge on any atom is 0.277 e. The zero-order valence-electron chi connectivity index (χ0n) is 12.2. The molecule has 1 aromatic carbocycles. The Kier molecular flexibility index (Phi) is 6.41. The summed E-state index contributed by atoms with van der Waals surface area (Å²) in [5.74, 6) is 0.324. The van der Waals surface area contributed by atoms with E-state index < -0.39 is 0 Å². The van der Waals surface area contributed by atoms with Gasteiger partial charge in [0.2, 0.25) is 11.8 Å². The lowest BCUT2D eigenvalue weighted by Gasteiger charge is -2.09. The maximum atomic E-state index is 11.9. The third-order valence-electron chi connectivity index (χ3n) is 2.76. The fraction of sp³-hybridized carbons (Fsp3) is 0.357. The van der Waals surface area contributed by atoms with Gasteiger partial charge in [-0.05, 0) is 35.0 Å². The first kappa shape index (κ1) is 17.0. The molecule has 1 N–H and O–H groups in total. The Bertz CT molecular complexity index is 635. The van der Waals surface area contributed by atoms with E-state index in [0.29, 0.717) is 24.3 Å². The normalized spacial score (nSPS) is 12.1. The monoisotopic (exact) mass is 385 g/mol. The Hall–Kier alpha value is -1.38. The molecule has 2 rings (SSSR count). The Labute approximate surface area is 141 Å². The summed E-state index contributed by atoms with van der Waals surface area (Å²) in [6.07, 6.45) is 0. The van der Waals surface area contributed by atoms with Crippen molar-refractivity contribution in [2.24, 2.45) is 0 Å². The SMILES string of the molecule is COCCNC(=O)[C@H](C)Sc1nnc(-c2ccccc2Br)o1. The molecule has 0 spiro atoms. The number of halogens is 1. The molecule has 0 unspecified atom stereocenters. The highest BCUT2D eigenvalue weighted by molar-refractivity contribution is 9.10. The number of nitrogens with zero attached hydrogens (tertiary/aromatic N) is 2. The molecule has 8 heteroatoms. The van der Waals surface area contributed by atoms with Gasteiger partial charge < -0.3 is 14.5 Å². The molecule has 0 bridgehead atoms. The third kappa shape index (κ3) is 4.56. The second-order valence-electron chi connectivity index (χ2n) is 4.40. The second-order valence-corrected chi connectivity index (χ2v) is 6.54. The van der Waals surface area contributed by atoms with Crippen molar-refractivity contribution in [2.45, 2.75) is 17.4 Å². The Morgan fingerprint density at radius 2 is 2.23 bits per heavy atom. The minimum Gasteiger partial charge on any atom is -0.411 e. The number of benzene rings is 1. The van der Waals surface area contributed by atoms with Gasteiger partial charge in [0.25, 0.3) is 5.22 Å². The van der Waals surface area contributed by atoms with E-state index in [2.05, 4.69) is 31.4 Å². The highest BCUT2D eigenvalue weighted by atomic mass is 79.9. The van der Waals surface area contributed by atoms with Gasteiger partial charge in [-0.2, -0.15) is 0 Å². The Morgan fingerprint density at radius 1 is 1.45 bits per heavy atom. The minimum absolute atomic E-state index is 0.0947. The number of hydrogen-bond acceptors (Lipinski definition) is 6. The summed E-state index contributed by atoms with van der Waals surface area (Å²) in [5.41, 5.74) is 0.819. The van der Waals surface area contributed by atoms with E-state index in [1.54, 1.807) is 14.0 Å². The zero-order chi connectivity index (χ0) is 15.9. The van der Waals surface area contributed by atoms with Crippen molar-refractivity contribution < 1.29 is 13.9 Å². The number of rotatable bonds is 7. The Balaban J connectivity index is 1.97. The quantitative estimate of drug-likeness (QED) is 0.583. The van der Waals surface area contributed by atoms with Crippen molar-refractivity contribution in [2.75, 3.05) is 20.3 Å². The standard InChI is InChI=1S/C14H16BrN3O3S/c1-9(12(19)16-7-8-20-2)22-14-18-17-13(21-14)10-5-3-4-6-11(10)15/h3-6,9H,7-8H2,1-2H3,(H,16,19)/t9-/m0/s1. The fourth-order valence-corrected chi connectivity index (χ4v) is 2.79. The van der Waals surface area contributed by atoms with Gasteiger partial charge in [-0.3, -0.25) is 4.79 Å². The van der Waals surface area contributed by atoms with E-state index in [-0.39, 0.29) is 11.2 Å². The van der Waals surface area contributed by atoms with E-state index in [4.69, 9.17) is 9.15 Å². The van der Waals surface area contributed by atoms with Crippen LogP contribution in [0.15, 0.2) is 38.4 Å². The van der Waals surface area contributed by atoms with Gasteiger partial charge >= 0.3 is 0 Å². The molecule has 118 valence electrons. The van der Waals surface area contributed by atoms with Crippen LogP contribution in [0.5, 0.6) is 0 Å². The van der Waals surface area contributed by atoms with Crippen LogP contribution in [0.25, 0.3) is 11.5 Å². The molecule has 0 aliphatic carbocycles. The smallest absolute Gasteiger partial charge is 0.277 e. The Morgan fingerprint density at radius 3 is 2.95 bits per heavy atom. The molecule has 0 fully saturated rings. The number of hydrogen-bond donors (Lipinski definition) is 1. The molecule has 0 aliphatic heterocycles. The molecule has 1 atom stereocenters. The first-order valence-electron chi connectivity index (χ1n) is 6.63. The lowest BCUT2D eigenvalue weighted by Crippen LogP contribution is -2.33. The highest BCUT2D eigenvalue weighted by Crippen LogP contribution is 2.30. The van der Waals surface area contributed by atoms with Crippen molar-refractivity contribution in [1.82, 2.24) is 15.5 Å². The predicted molar refractivity (Wildman–Crippen MR) is 87.6 cm³/mol. The molecule has 0 radical (unpaired) electrons. The lowest BCUT2D eigenvalue weighted by atomic mass is 10.2. The molecular formula is C14H16BrN3O3S. The van der Waals surface area contributed by atoms with Gasteiger partial charge in [0.05, 0.1) is 17.4 Å². The average Bonchev–Trinajstić information content (AvgIpc) is 2.96. The van der Waals surface area contributed by atoms with Crippen LogP contribution in [0.3, 0.4) is 0 Å². The molecule has 0 aliphatic rings. The first-order chi connectivity index (χ1) is 10.6. The van der Waals surface area contributed by atoms with Crippen LogP contribution < -0.4 is 5.32 Å². The predicted octanol–water partition coefficient (Wildman–Crippen LogP) is 2.74. The van der Waals surface area contributed by atoms with E-state index in [9.17, 15) is 4.79 Å². The van der Waals surface area contributed by atoms with Gasteiger partial charge in [0.15, 0.2) is 0 Å². The summed E-state index contributed by atoms with van der Waals surface area (Å²) in [5, 5.41) is 10.8. The third-order valence-corrected chi connectivity index (χ3v) is 4.39. The van der Waals surface area contributed by atoms with Crippen molar-refractivity contribution in [3.8, 4) is 11.5 Å². The van der Waals surface area contributed by atoms with Gasteiger partial charge in [-0.25, -0.2) is 0 Å². The summed E-state index contributed by atoms with van der Waals surface area (Å²) in [4.78, 5) is 11.9. The molecular weight excluding hydrogens is 370 g/mol. The summed E-state index contributed by atoms with van der Waals surface area (Å²) in [6, 6.07) is 7.58. The van der Waals surface area contributed by atoms with Crippen LogP contribution in [-0.2, 0) is 9.53 Å². The van der Waals surface area contributed by atoms with Crippen LogP contribution in [0.1, 0.15) is 6.92 Å². The van der Waals surface area contributed by atoms with Gasteiger partial charge in [0.1, 0.15) is 0 Å². The van der Waals surface area contributed by atoms with Crippen molar-refractivity contribution in [1.29, 1.82) is 0 Å². The first-order valence-corrected chi connectivity index (χ1v) is 8.30.